The molecule has 0 radical (unpaired) electrons. The fourth-order valence-electron chi connectivity index (χ4n) is 3.52. The van der Waals surface area contributed by atoms with E-state index >= 15 is 0 Å². The Hall–Kier alpha value is -3.99. The number of urea groups is 1. The van der Waals surface area contributed by atoms with Gasteiger partial charge in [-0.25, -0.2) is 9.59 Å². The van der Waals surface area contributed by atoms with Gasteiger partial charge in [0.15, 0.2) is 5.96 Å². The van der Waals surface area contributed by atoms with Crippen molar-refractivity contribution in [3.05, 3.63) is 64.7 Å². The Labute approximate surface area is 220 Å². The zero-order valence-corrected chi connectivity index (χ0v) is 21.7. The summed E-state index contributed by atoms with van der Waals surface area (Å²) in [6, 6.07) is 10.2. The zero-order chi connectivity index (χ0) is 27.4. The maximum absolute atomic E-state index is 13.3. The molecule has 0 spiro atoms. The molecule has 0 saturated heterocycles. The third-order valence-corrected chi connectivity index (χ3v) is 5.81. The summed E-state index contributed by atoms with van der Waals surface area (Å²) in [4.78, 5) is 38.5. The van der Waals surface area contributed by atoms with Gasteiger partial charge in [-0.2, -0.15) is 0 Å². The fourth-order valence-corrected chi connectivity index (χ4v) is 3.70. The van der Waals surface area contributed by atoms with Crippen LogP contribution in [0.15, 0.2) is 58.8 Å². The average Bonchev–Trinajstić information content (AvgIpc) is 2.87. The van der Waals surface area contributed by atoms with Gasteiger partial charge in [0.1, 0.15) is 12.1 Å². The lowest BCUT2D eigenvalue weighted by Crippen LogP contribution is -2.60. The lowest BCUT2D eigenvalue weighted by molar-refractivity contribution is -0.146. The largest absolute Gasteiger partial charge is 0.467 e. The summed E-state index contributed by atoms with van der Waals surface area (Å²) >= 11 is 6.09. The van der Waals surface area contributed by atoms with E-state index < -0.39 is 36.0 Å². The zero-order valence-electron chi connectivity index (χ0n) is 21.0. The highest BCUT2D eigenvalue weighted by atomic mass is 35.5. The predicted molar refractivity (Wildman–Crippen MR) is 141 cm³/mol. The van der Waals surface area contributed by atoms with Crippen molar-refractivity contribution in [2.45, 2.75) is 51.2 Å². The first-order chi connectivity index (χ1) is 17.6. The van der Waals surface area contributed by atoms with Crippen LogP contribution < -0.4 is 21.7 Å². The second-order valence-corrected chi connectivity index (χ2v) is 8.70. The molecule has 2 aromatic rings. The summed E-state index contributed by atoms with van der Waals surface area (Å²) in [7, 11) is 1.19. The number of nitrogens with one attached hydrogen (secondary N) is 4. The van der Waals surface area contributed by atoms with Crippen molar-refractivity contribution in [1.82, 2.24) is 16.0 Å². The number of hydrogen-bond donors (Lipinski definition) is 5. The van der Waals surface area contributed by atoms with Gasteiger partial charge >= 0.3 is 12.0 Å². The third-order valence-electron chi connectivity index (χ3n) is 5.40. The molecular weight excluding hydrogens is 498 g/mol. The van der Waals surface area contributed by atoms with Gasteiger partial charge in [-0.05, 0) is 36.6 Å². The highest BCUT2D eigenvalue weighted by Crippen LogP contribution is 2.22. The van der Waals surface area contributed by atoms with Crippen molar-refractivity contribution >= 4 is 41.2 Å². The number of nitrogens with two attached hydrogens (primary N) is 1. The number of esters is 1. The summed E-state index contributed by atoms with van der Waals surface area (Å²) in [5, 5.41) is 23.5. The van der Waals surface area contributed by atoms with E-state index in [1.807, 2.05) is 19.9 Å². The first kappa shape index (κ1) is 29.2. The molecule has 0 aliphatic rings. The number of aryl methyl sites for hydroxylation is 1. The molecule has 0 fully saturated rings. The Morgan fingerprint density at radius 2 is 1.81 bits per heavy atom. The van der Waals surface area contributed by atoms with Gasteiger partial charge in [-0.3, -0.25) is 10.2 Å². The normalized spacial score (nSPS) is 13.3. The van der Waals surface area contributed by atoms with Crippen LogP contribution in [-0.4, -0.2) is 49.1 Å². The van der Waals surface area contributed by atoms with Gasteiger partial charge in [-0.1, -0.05) is 66.5 Å². The smallest absolute Gasteiger partial charge is 0.360 e. The minimum absolute atomic E-state index is 0.122. The molecule has 0 bridgehead atoms. The number of halogens is 1. The van der Waals surface area contributed by atoms with Gasteiger partial charge in [-0.15, -0.1) is 5.11 Å². The molecule has 6 N–H and O–H groups in total. The van der Waals surface area contributed by atoms with Crippen LogP contribution in [0.3, 0.4) is 0 Å². The second kappa shape index (κ2) is 14.5. The van der Waals surface area contributed by atoms with E-state index in [2.05, 4.69) is 26.2 Å². The van der Waals surface area contributed by atoms with Gasteiger partial charge in [0.05, 0.1) is 18.8 Å². The number of methoxy groups -OCH3 is 1. The van der Waals surface area contributed by atoms with E-state index in [0.29, 0.717) is 23.6 Å². The summed E-state index contributed by atoms with van der Waals surface area (Å²) in [6.07, 6.45) is 1.18. The molecule has 12 heteroatoms. The summed E-state index contributed by atoms with van der Waals surface area (Å²) in [5.41, 5.74) is 7.48. The van der Waals surface area contributed by atoms with Gasteiger partial charge in [0.25, 0.3) is 0 Å². The maximum atomic E-state index is 13.3. The SMILES string of the molecule is CCCC(NC(=N)N)C(NC(=O)C(Cc1ccccc1)NC(=O)/N=N/c1ccc(C)c(Cl)c1)C(=O)OC. The quantitative estimate of drug-likeness (QED) is 0.129. The Morgan fingerprint density at radius 3 is 2.41 bits per heavy atom. The second-order valence-electron chi connectivity index (χ2n) is 8.29. The Balaban J connectivity index is 2.26. The lowest BCUT2D eigenvalue weighted by atomic mass is 10.0. The fraction of sp³-hybridized carbons (Fsp3) is 0.360. The molecular formula is C25H32ClN7O4. The van der Waals surface area contributed by atoms with Crippen LogP contribution in [0.4, 0.5) is 10.5 Å². The highest BCUT2D eigenvalue weighted by Gasteiger charge is 2.33. The van der Waals surface area contributed by atoms with E-state index in [4.69, 9.17) is 27.5 Å². The van der Waals surface area contributed by atoms with Crippen LogP contribution >= 0.6 is 11.6 Å². The van der Waals surface area contributed by atoms with Gasteiger partial charge in [0, 0.05) is 11.4 Å². The van der Waals surface area contributed by atoms with Crippen molar-refractivity contribution in [2.75, 3.05) is 7.11 Å². The molecule has 2 aromatic carbocycles. The Kier molecular flexibility index (Phi) is 11.5. The molecule has 0 heterocycles. The lowest BCUT2D eigenvalue weighted by Gasteiger charge is -2.28. The number of hydrogen-bond acceptors (Lipinski definition) is 6. The average molecular weight is 530 g/mol. The number of benzene rings is 2. The van der Waals surface area contributed by atoms with Crippen LogP contribution in [0.2, 0.25) is 5.02 Å². The van der Waals surface area contributed by atoms with Crippen LogP contribution in [0.5, 0.6) is 0 Å². The molecule has 3 amide bonds. The number of nitrogens with zero attached hydrogens (tertiary/aromatic N) is 2. The topological polar surface area (TPSA) is 171 Å². The number of rotatable bonds is 11. The first-order valence-electron chi connectivity index (χ1n) is 11.7. The van der Waals surface area contributed by atoms with Crippen molar-refractivity contribution < 1.29 is 19.1 Å². The van der Waals surface area contributed by atoms with E-state index in [9.17, 15) is 14.4 Å². The van der Waals surface area contributed by atoms with E-state index in [-0.39, 0.29) is 12.4 Å². The van der Waals surface area contributed by atoms with Crippen molar-refractivity contribution in [3.8, 4) is 0 Å². The highest BCUT2D eigenvalue weighted by molar-refractivity contribution is 6.31. The van der Waals surface area contributed by atoms with Gasteiger partial charge in [0.2, 0.25) is 5.91 Å². The molecule has 2 rings (SSSR count). The number of carbonyl (C=O) groups is 3. The summed E-state index contributed by atoms with van der Waals surface area (Å²) in [6.45, 7) is 3.72. The number of guanidine groups is 1. The number of amides is 3. The molecule has 0 aliphatic carbocycles. The molecule has 0 saturated carbocycles. The predicted octanol–water partition coefficient (Wildman–Crippen LogP) is 3.36. The molecule has 198 valence electrons. The van der Waals surface area contributed by atoms with Gasteiger partial charge < -0.3 is 26.4 Å². The molecule has 0 aromatic heterocycles. The Morgan fingerprint density at radius 1 is 1.11 bits per heavy atom. The van der Waals surface area contributed by atoms with E-state index in [1.165, 1.54) is 7.11 Å². The summed E-state index contributed by atoms with van der Waals surface area (Å²) in [5.74, 6) is -1.72. The van der Waals surface area contributed by atoms with Crippen LogP contribution in [0.25, 0.3) is 0 Å². The molecule has 37 heavy (non-hydrogen) atoms. The standard InChI is InChI=1S/C25H32ClN7O4/c1-4-8-19(29-24(27)28)21(23(35)37-3)31-22(34)20(13-16-9-6-5-7-10-16)30-25(36)33-32-17-12-11-15(2)18(26)14-17/h5-7,9-12,14,19-21H,4,8,13H2,1-3H3,(H,30,36)(H,31,34)(H4,27,28,29)/b33-32+. The Bertz CT molecular complexity index is 1130. The van der Waals surface area contributed by atoms with Crippen LogP contribution in [0, 0.1) is 12.3 Å². The van der Waals surface area contributed by atoms with Crippen molar-refractivity contribution in [3.63, 3.8) is 0 Å². The molecule has 11 nitrogen and oxygen atoms in total. The third kappa shape index (κ3) is 9.53. The molecule has 3 unspecified atom stereocenters. The maximum Gasteiger partial charge on any atom is 0.360 e. The monoisotopic (exact) mass is 529 g/mol. The minimum Gasteiger partial charge on any atom is -0.467 e. The number of ether oxygens (including phenoxy) is 1. The summed E-state index contributed by atoms with van der Waals surface area (Å²) < 4.78 is 4.87. The van der Waals surface area contributed by atoms with E-state index in [1.54, 1.807) is 42.5 Å². The van der Waals surface area contributed by atoms with Crippen LogP contribution in [-0.2, 0) is 20.7 Å². The van der Waals surface area contributed by atoms with Crippen molar-refractivity contribution in [2.24, 2.45) is 16.0 Å². The van der Waals surface area contributed by atoms with Crippen molar-refractivity contribution in [1.29, 1.82) is 5.41 Å². The number of carbonyl (C=O) groups excluding carboxylic acids is 3. The molecule has 3 atom stereocenters. The number of azo groups is 1. The first-order valence-corrected chi connectivity index (χ1v) is 12.0. The van der Waals surface area contributed by atoms with Crippen LogP contribution in [0.1, 0.15) is 30.9 Å². The molecule has 0 aliphatic heterocycles. The minimum atomic E-state index is -1.16. The van der Waals surface area contributed by atoms with E-state index in [0.717, 1.165) is 11.1 Å².